The molecule has 1 fully saturated rings. The van der Waals surface area contributed by atoms with Crippen molar-refractivity contribution in [3.05, 3.63) is 64.7 Å². The Hall–Kier alpha value is -1.40. The molecule has 2 N–H and O–H groups in total. The average molecular weight is 389 g/mol. The molecule has 25 heavy (non-hydrogen) atoms. The first kappa shape index (κ1) is 19.9. The van der Waals surface area contributed by atoms with Crippen LogP contribution in [-0.2, 0) is 6.54 Å². The predicted octanol–water partition coefficient (Wildman–Crippen LogP) is 4.29. The van der Waals surface area contributed by atoms with E-state index in [-0.39, 0.29) is 29.2 Å². The number of hydrogen-bond donors (Lipinski definition) is 1. The van der Waals surface area contributed by atoms with Crippen LogP contribution in [0.1, 0.15) is 17.0 Å². The van der Waals surface area contributed by atoms with Gasteiger partial charge in [0.15, 0.2) is 0 Å². The maximum atomic E-state index is 12.3. The van der Waals surface area contributed by atoms with E-state index in [1.165, 1.54) is 11.6 Å². The average Bonchev–Trinajstić information content (AvgIpc) is 2.91. The molecule has 0 aromatic heterocycles. The van der Waals surface area contributed by atoms with Gasteiger partial charge in [0.05, 0.1) is 5.02 Å². The molecule has 0 bridgehead atoms. The lowest BCUT2D eigenvalue weighted by Gasteiger charge is -2.17. The number of nitrogens with two attached hydrogens (primary N) is 1. The van der Waals surface area contributed by atoms with Gasteiger partial charge >= 0.3 is 6.61 Å². The Kier molecular flexibility index (Phi) is 7.02. The topological polar surface area (TPSA) is 38.5 Å². The molecule has 1 aliphatic heterocycles. The fourth-order valence-electron chi connectivity index (χ4n) is 3.19. The van der Waals surface area contributed by atoms with E-state index in [1.807, 2.05) is 18.2 Å². The smallest absolute Gasteiger partial charge is 0.387 e. The number of ether oxygens (including phenoxy) is 1. The SMILES string of the molecule is Cl.N[C@@H]1CN(Cc2ccc(OC(F)F)c(Cl)c2)C[C@H]1c1ccccc1. The van der Waals surface area contributed by atoms with Crippen LogP contribution in [0, 0.1) is 0 Å². The van der Waals surface area contributed by atoms with E-state index in [0.29, 0.717) is 12.5 Å². The second kappa shape index (κ2) is 8.81. The van der Waals surface area contributed by atoms with E-state index >= 15 is 0 Å². The second-order valence-electron chi connectivity index (χ2n) is 6.02. The van der Waals surface area contributed by atoms with Gasteiger partial charge in [-0.3, -0.25) is 4.90 Å². The van der Waals surface area contributed by atoms with Crippen molar-refractivity contribution in [2.45, 2.75) is 25.1 Å². The van der Waals surface area contributed by atoms with E-state index in [1.54, 1.807) is 12.1 Å². The standard InChI is InChI=1S/C18H19ClF2N2O.ClH/c19-15-8-12(6-7-17(15)24-18(20)21)9-23-10-14(16(22)11-23)13-4-2-1-3-5-13;/h1-8,14,16,18H,9-11,22H2;1H/t14-,16+;/m0./s1. The molecule has 0 radical (unpaired) electrons. The number of halogens is 4. The molecule has 1 aliphatic rings. The summed E-state index contributed by atoms with van der Waals surface area (Å²) >= 11 is 6.01. The van der Waals surface area contributed by atoms with E-state index < -0.39 is 6.61 Å². The van der Waals surface area contributed by atoms with Gasteiger partial charge in [0.25, 0.3) is 0 Å². The zero-order valence-corrected chi connectivity index (χ0v) is 15.0. The molecule has 2 atom stereocenters. The Balaban J connectivity index is 0.00000225. The highest BCUT2D eigenvalue weighted by Gasteiger charge is 2.31. The van der Waals surface area contributed by atoms with Crippen LogP contribution in [-0.4, -0.2) is 30.6 Å². The molecule has 1 heterocycles. The van der Waals surface area contributed by atoms with Gasteiger partial charge in [0.2, 0.25) is 0 Å². The fraction of sp³-hybridized carbons (Fsp3) is 0.333. The third-order valence-corrected chi connectivity index (χ3v) is 4.58. The van der Waals surface area contributed by atoms with Gasteiger partial charge in [-0.2, -0.15) is 8.78 Å². The summed E-state index contributed by atoms with van der Waals surface area (Å²) in [5.41, 5.74) is 8.48. The maximum absolute atomic E-state index is 12.3. The Bertz CT molecular complexity index is 688. The van der Waals surface area contributed by atoms with Crippen molar-refractivity contribution in [1.82, 2.24) is 4.90 Å². The first-order chi connectivity index (χ1) is 11.5. The lowest BCUT2D eigenvalue weighted by atomic mass is 9.95. The zero-order chi connectivity index (χ0) is 17.1. The maximum Gasteiger partial charge on any atom is 0.387 e. The second-order valence-corrected chi connectivity index (χ2v) is 6.43. The minimum absolute atomic E-state index is 0. The number of likely N-dealkylation sites (tertiary alicyclic amines) is 1. The Labute approximate surface area is 157 Å². The minimum Gasteiger partial charge on any atom is -0.433 e. The van der Waals surface area contributed by atoms with E-state index in [2.05, 4.69) is 21.8 Å². The van der Waals surface area contributed by atoms with E-state index in [0.717, 1.165) is 18.7 Å². The number of alkyl halides is 2. The molecular weight excluding hydrogens is 369 g/mol. The van der Waals surface area contributed by atoms with Crippen molar-refractivity contribution >= 4 is 24.0 Å². The molecule has 0 amide bonds. The lowest BCUT2D eigenvalue weighted by Crippen LogP contribution is -2.28. The normalized spacial score (nSPS) is 20.5. The van der Waals surface area contributed by atoms with Crippen molar-refractivity contribution in [2.75, 3.05) is 13.1 Å². The van der Waals surface area contributed by atoms with Gasteiger partial charge in [-0.15, -0.1) is 12.4 Å². The summed E-state index contributed by atoms with van der Waals surface area (Å²) in [5.74, 6) is 0.291. The monoisotopic (exact) mass is 388 g/mol. The summed E-state index contributed by atoms with van der Waals surface area (Å²) in [4.78, 5) is 2.25. The number of nitrogens with zero attached hydrogens (tertiary/aromatic N) is 1. The molecule has 2 aromatic carbocycles. The Morgan fingerprint density at radius 3 is 2.52 bits per heavy atom. The van der Waals surface area contributed by atoms with Crippen LogP contribution in [0.3, 0.4) is 0 Å². The van der Waals surface area contributed by atoms with Gasteiger partial charge < -0.3 is 10.5 Å². The minimum atomic E-state index is -2.88. The molecule has 3 rings (SSSR count). The van der Waals surface area contributed by atoms with Gasteiger partial charge in [0.1, 0.15) is 5.75 Å². The van der Waals surface area contributed by atoms with Crippen molar-refractivity contribution < 1.29 is 13.5 Å². The highest BCUT2D eigenvalue weighted by molar-refractivity contribution is 6.32. The molecule has 3 nitrogen and oxygen atoms in total. The van der Waals surface area contributed by atoms with Gasteiger partial charge in [0, 0.05) is 31.6 Å². The third-order valence-electron chi connectivity index (χ3n) is 4.29. The summed E-state index contributed by atoms with van der Waals surface area (Å²) in [6.07, 6.45) is 0. The Morgan fingerprint density at radius 1 is 1.16 bits per heavy atom. The number of benzene rings is 2. The largest absolute Gasteiger partial charge is 0.433 e. The van der Waals surface area contributed by atoms with Crippen LogP contribution in [0.15, 0.2) is 48.5 Å². The number of rotatable bonds is 5. The van der Waals surface area contributed by atoms with Crippen LogP contribution in [0.25, 0.3) is 0 Å². The summed E-state index contributed by atoms with van der Waals surface area (Å²) in [5, 5.41) is 0.191. The molecule has 0 saturated carbocycles. The quantitative estimate of drug-likeness (QED) is 0.829. The van der Waals surface area contributed by atoms with Crippen LogP contribution in [0.4, 0.5) is 8.78 Å². The van der Waals surface area contributed by atoms with Crippen molar-refractivity contribution in [3.8, 4) is 5.75 Å². The van der Waals surface area contributed by atoms with Gasteiger partial charge in [-0.05, 0) is 23.3 Å². The van der Waals surface area contributed by atoms with Crippen LogP contribution in [0.2, 0.25) is 5.02 Å². The Morgan fingerprint density at radius 2 is 1.88 bits per heavy atom. The van der Waals surface area contributed by atoms with Crippen LogP contribution < -0.4 is 10.5 Å². The molecule has 0 aliphatic carbocycles. The molecule has 0 unspecified atom stereocenters. The van der Waals surface area contributed by atoms with Crippen molar-refractivity contribution in [3.63, 3.8) is 0 Å². The van der Waals surface area contributed by atoms with E-state index in [4.69, 9.17) is 17.3 Å². The molecule has 7 heteroatoms. The van der Waals surface area contributed by atoms with Gasteiger partial charge in [-0.1, -0.05) is 48.0 Å². The zero-order valence-electron chi connectivity index (χ0n) is 13.4. The van der Waals surface area contributed by atoms with Gasteiger partial charge in [-0.25, -0.2) is 0 Å². The van der Waals surface area contributed by atoms with Crippen molar-refractivity contribution in [1.29, 1.82) is 0 Å². The molecule has 0 spiro atoms. The molecule has 1 saturated heterocycles. The molecule has 2 aromatic rings. The first-order valence-electron chi connectivity index (χ1n) is 7.79. The first-order valence-corrected chi connectivity index (χ1v) is 8.17. The predicted molar refractivity (Wildman–Crippen MR) is 97.8 cm³/mol. The molecular formula is C18H20Cl2F2N2O. The fourth-order valence-corrected chi connectivity index (χ4v) is 3.44. The number of hydrogen-bond acceptors (Lipinski definition) is 3. The lowest BCUT2D eigenvalue weighted by molar-refractivity contribution is -0.0498. The third kappa shape index (κ3) is 5.05. The van der Waals surface area contributed by atoms with Crippen LogP contribution >= 0.6 is 24.0 Å². The summed E-state index contributed by atoms with van der Waals surface area (Å²) in [6.45, 7) is -0.562. The summed E-state index contributed by atoms with van der Waals surface area (Å²) in [6, 6.07) is 15.2. The summed E-state index contributed by atoms with van der Waals surface area (Å²) in [7, 11) is 0. The summed E-state index contributed by atoms with van der Waals surface area (Å²) < 4.78 is 28.9. The highest BCUT2D eigenvalue weighted by Crippen LogP contribution is 2.30. The molecule has 136 valence electrons. The van der Waals surface area contributed by atoms with Crippen LogP contribution in [0.5, 0.6) is 5.75 Å². The van der Waals surface area contributed by atoms with E-state index in [9.17, 15) is 8.78 Å². The highest BCUT2D eigenvalue weighted by atomic mass is 35.5. The van der Waals surface area contributed by atoms with Crippen molar-refractivity contribution in [2.24, 2.45) is 5.73 Å².